The molecular formula is C19H29N5O2. The number of fused-ring (bicyclic) bond motifs is 1. The lowest BCUT2D eigenvalue weighted by Crippen LogP contribution is -2.31. The second-order valence-corrected chi connectivity index (χ2v) is 7.19. The van der Waals surface area contributed by atoms with Crippen LogP contribution in [0, 0.1) is 11.3 Å². The standard InChI is InChI=1S/C19H29N5O2/c1-3-13(12-25)22-19-16(9-20)15-6-7-24(2)11-17(15)18(23-19)21-10-14-5-4-8-26-14/h13-14,25H,3-8,10-12H2,1-2H3,(H2,21,22,23)/t13-,14+/m0/s1. The zero-order chi connectivity index (χ0) is 18.5. The first-order valence-electron chi connectivity index (χ1n) is 9.53. The van der Waals surface area contributed by atoms with Crippen molar-refractivity contribution in [3.8, 4) is 6.07 Å². The van der Waals surface area contributed by atoms with Crippen molar-refractivity contribution in [2.24, 2.45) is 0 Å². The SMILES string of the molecule is CC[C@@H](CO)Nc1nc(NC[C@H]2CCCO2)c2c(c1C#N)CCN(C)C2. The number of rotatable bonds is 7. The van der Waals surface area contributed by atoms with Gasteiger partial charge < -0.3 is 25.4 Å². The summed E-state index contributed by atoms with van der Waals surface area (Å²) in [5.41, 5.74) is 2.80. The second kappa shape index (κ2) is 8.67. The highest BCUT2D eigenvalue weighted by Gasteiger charge is 2.26. The Labute approximate surface area is 155 Å². The third kappa shape index (κ3) is 4.09. The van der Waals surface area contributed by atoms with Gasteiger partial charge >= 0.3 is 0 Å². The molecule has 3 heterocycles. The minimum absolute atomic E-state index is 0.0154. The molecule has 3 N–H and O–H groups in total. The highest BCUT2D eigenvalue weighted by Crippen LogP contribution is 2.32. The summed E-state index contributed by atoms with van der Waals surface area (Å²) >= 11 is 0. The summed E-state index contributed by atoms with van der Waals surface area (Å²) in [7, 11) is 2.09. The van der Waals surface area contributed by atoms with Crippen LogP contribution >= 0.6 is 0 Å². The van der Waals surface area contributed by atoms with Crippen LogP contribution < -0.4 is 10.6 Å². The van der Waals surface area contributed by atoms with Crippen molar-refractivity contribution in [1.82, 2.24) is 9.88 Å². The van der Waals surface area contributed by atoms with Gasteiger partial charge in [0.25, 0.3) is 0 Å². The fourth-order valence-corrected chi connectivity index (χ4v) is 3.63. The Morgan fingerprint density at radius 1 is 1.42 bits per heavy atom. The molecule has 7 heteroatoms. The monoisotopic (exact) mass is 359 g/mol. The van der Waals surface area contributed by atoms with E-state index in [0.29, 0.717) is 11.4 Å². The molecule has 2 atom stereocenters. The summed E-state index contributed by atoms with van der Waals surface area (Å²) in [6.45, 7) is 5.28. The Morgan fingerprint density at radius 3 is 2.92 bits per heavy atom. The molecule has 2 aliphatic heterocycles. The first-order chi connectivity index (χ1) is 12.7. The van der Waals surface area contributed by atoms with Gasteiger partial charge in [0, 0.05) is 31.8 Å². The van der Waals surface area contributed by atoms with Crippen LogP contribution in [0.4, 0.5) is 11.6 Å². The third-order valence-electron chi connectivity index (χ3n) is 5.27. The van der Waals surface area contributed by atoms with Crippen molar-refractivity contribution in [2.75, 3.05) is 44.0 Å². The van der Waals surface area contributed by atoms with E-state index in [4.69, 9.17) is 9.72 Å². The lowest BCUT2D eigenvalue weighted by atomic mass is 9.95. The van der Waals surface area contributed by atoms with Crippen LogP contribution in [0.5, 0.6) is 0 Å². The molecule has 3 rings (SSSR count). The fourth-order valence-electron chi connectivity index (χ4n) is 3.63. The van der Waals surface area contributed by atoms with Gasteiger partial charge in [-0.3, -0.25) is 0 Å². The second-order valence-electron chi connectivity index (χ2n) is 7.19. The smallest absolute Gasteiger partial charge is 0.146 e. The highest BCUT2D eigenvalue weighted by atomic mass is 16.5. The predicted molar refractivity (Wildman–Crippen MR) is 101 cm³/mol. The molecule has 142 valence electrons. The maximum atomic E-state index is 9.75. The van der Waals surface area contributed by atoms with Gasteiger partial charge in [0.2, 0.25) is 0 Å². The first kappa shape index (κ1) is 18.9. The van der Waals surface area contributed by atoms with Crippen LogP contribution in [-0.2, 0) is 17.7 Å². The van der Waals surface area contributed by atoms with E-state index in [1.165, 1.54) is 0 Å². The number of nitrogens with zero attached hydrogens (tertiary/aromatic N) is 3. The predicted octanol–water partition coefficient (Wildman–Crippen LogP) is 1.71. The summed E-state index contributed by atoms with van der Waals surface area (Å²) in [5.74, 6) is 1.41. The number of hydrogen-bond acceptors (Lipinski definition) is 7. The molecule has 0 amide bonds. The molecule has 0 unspecified atom stereocenters. The van der Waals surface area contributed by atoms with Crippen LogP contribution in [-0.4, -0.2) is 60.5 Å². The largest absolute Gasteiger partial charge is 0.394 e. The molecule has 1 fully saturated rings. The van der Waals surface area contributed by atoms with Crippen LogP contribution in [0.15, 0.2) is 0 Å². The van der Waals surface area contributed by atoms with E-state index in [9.17, 15) is 10.4 Å². The zero-order valence-corrected chi connectivity index (χ0v) is 15.7. The molecule has 26 heavy (non-hydrogen) atoms. The number of likely N-dealkylation sites (N-methyl/N-ethyl adjacent to an activating group) is 1. The Hall–Kier alpha value is -1.88. The van der Waals surface area contributed by atoms with Crippen LogP contribution in [0.1, 0.15) is 42.9 Å². The molecule has 1 saturated heterocycles. The summed E-state index contributed by atoms with van der Waals surface area (Å²) < 4.78 is 5.71. The van der Waals surface area contributed by atoms with E-state index >= 15 is 0 Å². The average Bonchev–Trinajstić information content (AvgIpc) is 3.17. The molecule has 0 saturated carbocycles. The number of hydrogen-bond donors (Lipinski definition) is 3. The summed E-state index contributed by atoms with van der Waals surface area (Å²) in [6.07, 6.45) is 3.99. The fraction of sp³-hybridized carbons (Fsp3) is 0.684. The van der Waals surface area contributed by atoms with Crippen LogP contribution in [0.2, 0.25) is 0 Å². The van der Waals surface area contributed by atoms with Gasteiger partial charge in [0.1, 0.15) is 17.7 Å². The maximum absolute atomic E-state index is 9.75. The van der Waals surface area contributed by atoms with Gasteiger partial charge in [-0.1, -0.05) is 6.92 Å². The summed E-state index contributed by atoms with van der Waals surface area (Å²) in [4.78, 5) is 7.00. The van der Waals surface area contributed by atoms with Crippen molar-refractivity contribution < 1.29 is 9.84 Å². The molecule has 0 aromatic carbocycles. The number of pyridine rings is 1. The van der Waals surface area contributed by atoms with Gasteiger partial charge in [-0.2, -0.15) is 5.26 Å². The molecule has 0 spiro atoms. The Morgan fingerprint density at radius 2 is 2.27 bits per heavy atom. The molecule has 1 aromatic heterocycles. The normalized spacial score (nSPS) is 21.1. The van der Waals surface area contributed by atoms with Crippen molar-refractivity contribution in [3.63, 3.8) is 0 Å². The highest BCUT2D eigenvalue weighted by molar-refractivity contribution is 5.66. The summed E-state index contributed by atoms with van der Waals surface area (Å²) in [5, 5.41) is 26.0. The molecular weight excluding hydrogens is 330 g/mol. The first-order valence-corrected chi connectivity index (χ1v) is 9.53. The molecule has 7 nitrogen and oxygen atoms in total. The quantitative estimate of drug-likeness (QED) is 0.682. The van der Waals surface area contributed by atoms with E-state index in [-0.39, 0.29) is 18.8 Å². The van der Waals surface area contributed by atoms with Crippen molar-refractivity contribution in [3.05, 3.63) is 16.7 Å². The number of anilines is 2. The Bertz CT molecular complexity index is 663. The van der Waals surface area contributed by atoms with Gasteiger partial charge in [0.05, 0.1) is 24.3 Å². The third-order valence-corrected chi connectivity index (χ3v) is 5.27. The van der Waals surface area contributed by atoms with Crippen LogP contribution in [0.25, 0.3) is 0 Å². The lowest BCUT2D eigenvalue weighted by Gasteiger charge is -2.29. The zero-order valence-electron chi connectivity index (χ0n) is 15.7. The molecule has 2 aliphatic rings. The molecule has 0 bridgehead atoms. The van der Waals surface area contributed by atoms with E-state index in [2.05, 4.69) is 28.7 Å². The van der Waals surface area contributed by atoms with Crippen LogP contribution in [0.3, 0.4) is 0 Å². The molecule has 1 aromatic rings. The minimum Gasteiger partial charge on any atom is -0.394 e. The molecule has 0 aliphatic carbocycles. The topological polar surface area (TPSA) is 93.4 Å². The number of aromatic nitrogens is 1. The van der Waals surface area contributed by atoms with E-state index in [0.717, 1.165) is 68.9 Å². The Kier molecular flexibility index (Phi) is 6.30. The maximum Gasteiger partial charge on any atom is 0.146 e. The van der Waals surface area contributed by atoms with Gasteiger partial charge in [-0.05, 0) is 38.3 Å². The van der Waals surface area contributed by atoms with Gasteiger partial charge in [0.15, 0.2) is 0 Å². The number of aliphatic hydroxyl groups is 1. The molecule has 0 radical (unpaired) electrons. The van der Waals surface area contributed by atoms with Crippen molar-refractivity contribution in [2.45, 2.75) is 51.3 Å². The number of nitriles is 1. The summed E-state index contributed by atoms with van der Waals surface area (Å²) in [6, 6.07) is 2.23. The Balaban J connectivity index is 1.93. The number of aliphatic hydroxyl groups excluding tert-OH is 1. The van der Waals surface area contributed by atoms with Crippen molar-refractivity contribution in [1.29, 1.82) is 5.26 Å². The number of ether oxygens (including phenoxy) is 1. The van der Waals surface area contributed by atoms with Gasteiger partial charge in [-0.15, -0.1) is 0 Å². The lowest BCUT2D eigenvalue weighted by molar-refractivity contribution is 0.120. The van der Waals surface area contributed by atoms with Gasteiger partial charge in [-0.25, -0.2) is 4.98 Å². The van der Waals surface area contributed by atoms with E-state index in [1.54, 1.807) is 0 Å². The number of nitrogens with one attached hydrogen (secondary N) is 2. The van der Waals surface area contributed by atoms with Crippen molar-refractivity contribution >= 4 is 11.6 Å². The van der Waals surface area contributed by atoms with E-state index < -0.39 is 0 Å². The average molecular weight is 359 g/mol. The minimum atomic E-state index is -0.107. The van der Waals surface area contributed by atoms with E-state index in [1.807, 2.05) is 6.92 Å².